The first-order valence-electron chi connectivity index (χ1n) is 5.73. The number of halogens is 1. The zero-order valence-corrected chi connectivity index (χ0v) is 10.9. The molecule has 1 amide bonds. The van der Waals surface area contributed by atoms with Crippen LogP contribution in [-0.2, 0) is 0 Å². The highest BCUT2D eigenvalue weighted by molar-refractivity contribution is 6.29. The highest BCUT2D eigenvalue weighted by atomic mass is 35.5. The van der Waals surface area contributed by atoms with Crippen LogP contribution < -0.4 is 5.32 Å². The van der Waals surface area contributed by atoms with Crippen LogP contribution in [0.4, 0.5) is 5.82 Å². The van der Waals surface area contributed by atoms with E-state index in [-0.39, 0.29) is 10.8 Å². The van der Waals surface area contributed by atoms with Gasteiger partial charge in [0.25, 0.3) is 5.91 Å². The minimum atomic E-state index is -0.405. The second-order valence-electron chi connectivity index (χ2n) is 3.92. The maximum Gasteiger partial charge on any atom is 0.277 e. The van der Waals surface area contributed by atoms with Crippen molar-refractivity contribution in [3.63, 3.8) is 0 Å². The zero-order chi connectivity index (χ0) is 13.9. The Kier molecular flexibility index (Phi) is 3.22. The lowest BCUT2D eigenvalue weighted by Gasteiger charge is -2.04. The van der Waals surface area contributed by atoms with E-state index < -0.39 is 5.91 Å². The molecule has 0 saturated carbocycles. The Balaban J connectivity index is 1.88. The summed E-state index contributed by atoms with van der Waals surface area (Å²) in [6, 6.07) is 8.77. The Morgan fingerprint density at radius 3 is 2.70 bits per heavy atom. The molecule has 1 aromatic carbocycles. The Bertz CT molecular complexity index is 792. The quantitative estimate of drug-likeness (QED) is 0.731. The van der Waals surface area contributed by atoms with Crippen molar-refractivity contribution in [2.75, 3.05) is 5.32 Å². The molecule has 0 aliphatic heterocycles. The average molecular weight is 286 g/mol. The maximum absolute atomic E-state index is 12.1. The molecular weight excluding hydrogens is 278 g/mol. The highest BCUT2D eigenvalue weighted by Gasteiger charge is 2.10. The Morgan fingerprint density at radius 2 is 1.90 bits per heavy atom. The van der Waals surface area contributed by atoms with Crippen molar-refractivity contribution in [1.29, 1.82) is 0 Å². The molecule has 98 valence electrons. The van der Waals surface area contributed by atoms with E-state index in [1.54, 1.807) is 6.07 Å². The van der Waals surface area contributed by atoms with Crippen LogP contribution in [0.2, 0.25) is 5.15 Å². The fourth-order valence-electron chi connectivity index (χ4n) is 1.65. The summed E-state index contributed by atoms with van der Waals surface area (Å²) in [6.45, 7) is 0. The molecule has 0 fully saturated rings. The summed E-state index contributed by atoms with van der Waals surface area (Å²) < 4.78 is 0. The van der Waals surface area contributed by atoms with Gasteiger partial charge in [0.15, 0.2) is 0 Å². The van der Waals surface area contributed by atoms with Gasteiger partial charge in [0, 0.05) is 6.07 Å². The maximum atomic E-state index is 12.1. The molecule has 0 radical (unpaired) electrons. The number of fused-ring (bicyclic) bond motifs is 1. The number of carbonyl (C=O) groups is 1. The van der Waals surface area contributed by atoms with Crippen molar-refractivity contribution in [3.8, 4) is 0 Å². The lowest BCUT2D eigenvalue weighted by atomic mass is 10.3. The van der Waals surface area contributed by atoms with Gasteiger partial charge in [0.05, 0.1) is 17.2 Å². The minimum absolute atomic E-state index is 0.207. The largest absolute Gasteiger partial charge is 0.305 e. The molecular formula is C13H8ClN5O. The van der Waals surface area contributed by atoms with E-state index in [1.165, 1.54) is 18.6 Å². The Labute approximate surface area is 118 Å². The number of aromatic nitrogens is 4. The number of nitrogens with zero attached hydrogens (tertiary/aromatic N) is 4. The summed E-state index contributed by atoms with van der Waals surface area (Å²) in [5.74, 6) is -0.0945. The second-order valence-corrected chi connectivity index (χ2v) is 4.31. The van der Waals surface area contributed by atoms with E-state index >= 15 is 0 Å². The van der Waals surface area contributed by atoms with Crippen molar-refractivity contribution in [2.45, 2.75) is 0 Å². The predicted octanol–water partition coefficient (Wildman–Crippen LogP) is 2.33. The van der Waals surface area contributed by atoms with Crippen molar-refractivity contribution < 1.29 is 4.79 Å². The number of amides is 1. The molecule has 20 heavy (non-hydrogen) atoms. The van der Waals surface area contributed by atoms with Crippen LogP contribution in [0.25, 0.3) is 11.0 Å². The molecule has 0 saturated heterocycles. The molecule has 2 heterocycles. The Morgan fingerprint density at radius 1 is 1.10 bits per heavy atom. The summed E-state index contributed by atoms with van der Waals surface area (Å²) >= 11 is 5.72. The summed E-state index contributed by atoms with van der Waals surface area (Å²) in [5.41, 5.74) is 1.59. The van der Waals surface area contributed by atoms with Crippen LogP contribution in [0.1, 0.15) is 10.5 Å². The van der Waals surface area contributed by atoms with E-state index in [1.807, 2.05) is 18.2 Å². The van der Waals surface area contributed by atoms with Crippen LogP contribution >= 0.6 is 11.6 Å². The third kappa shape index (κ3) is 2.55. The SMILES string of the molecule is O=C(Nc1cc(Cl)ncn1)c1cnc2ccccc2n1. The van der Waals surface area contributed by atoms with Gasteiger partial charge in [0.1, 0.15) is 23.0 Å². The van der Waals surface area contributed by atoms with Crippen LogP contribution in [0.3, 0.4) is 0 Å². The number of hydrogen-bond donors (Lipinski definition) is 1. The number of rotatable bonds is 2. The lowest BCUT2D eigenvalue weighted by Crippen LogP contribution is -2.15. The highest BCUT2D eigenvalue weighted by Crippen LogP contribution is 2.11. The number of hydrogen-bond acceptors (Lipinski definition) is 5. The molecule has 0 atom stereocenters. The molecule has 2 aromatic heterocycles. The van der Waals surface area contributed by atoms with Crippen molar-refractivity contribution in [3.05, 3.63) is 53.7 Å². The molecule has 0 spiro atoms. The third-order valence-electron chi connectivity index (χ3n) is 2.56. The van der Waals surface area contributed by atoms with Crippen LogP contribution in [0.15, 0.2) is 42.9 Å². The minimum Gasteiger partial charge on any atom is -0.305 e. The summed E-state index contributed by atoms with van der Waals surface area (Å²) in [6.07, 6.45) is 2.69. The smallest absolute Gasteiger partial charge is 0.277 e. The molecule has 0 aliphatic rings. The monoisotopic (exact) mass is 285 g/mol. The molecule has 3 rings (SSSR count). The number of benzene rings is 1. The first-order valence-corrected chi connectivity index (χ1v) is 6.11. The molecule has 3 aromatic rings. The molecule has 0 aliphatic carbocycles. The van der Waals surface area contributed by atoms with Crippen molar-refractivity contribution in [1.82, 2.24) is 19.9 Å². The van der Waals surface area contributed by atoms with E-state index in [4.69, 9.17) is 11.6 Å². The Hall–Kier alpha value is -2.60. The van der Waals surface area contributed by atoms with Gasteiger partial charge in [-0.2, -0.15) is 0 Å². The first-order chi connectivity index (χ1) is 9.72. The fourth-order valence-corrected chi connectivity index (χ4v) is 1.80. The van der Waals surface area contributed by atoms with Gasteiger partial charge < -0.3 is 5.32 Å². The van der Waals surface area contributed by atoms with Gasteiger partial charge >= 0.3 is 0 Å². The van der Waals surface area contributed by atoms with Gasteiger partial charge in [-0.25, -0.2) is 15.0 Å². The molecule has 7 heteroatoms. The van der Waals surface area contributed by atoms with Crippen LogP contribution in [0, 0.1) is 0 Å². The summed E-state index contributed by atoms with van der Waals surface area (Å²) in [4.78, 5) is 28.1. The van der Waals surface area contributed by atoms with Gasteiger partial charge in [-0.15, -0.1) is 0 Å². The normalized spacial score (nSPS) is 10.4. The van der Waals surface area contributed by atoms with E-state index in [0.29, 0.717) is 11.3 Å². The van der Waals surface area contributed by atoms with Gasteiger partial charge in [-0.3, -0.25) is 9.78 Å². The first kappa shape index (κ1) is 12.4. The van der Waals surface area contributed by atoms with E-state index in [0.717, 1.165) is 5.52 Å². The zero-order valence-electron chi connectivity index (χ0n) is 10.1. The predicted molar refractivity (Wildman–Crippen MR) is 74.5 cm³/mol. The molecule has 1 N–H and O–H groups in total. The average Bonchev–Trinajstić information content (AvgIpc) is 2.47. The third-order valence-corrected chi connectivity index (χ3v) is 2.76. The summed E-state index contributed by atoms with van der Waals surface area (Å²) in [7, 11) is 0. The number of nitrogens with one attached hydrogen (secondary N) is 1. The molecule has 0 unspecified atom stereocenters. The van der Waals surface area contributed by atoms with Gasteiger partial charge in [0.2, 0.25) is 0 Å². The topological polar surface area (TPSA) is 80.7 Å². The van der Waals surface area contributed by atoms with E-state index in [9.17, 15) is 4.79 Å². The van der Waals surface area contributed by atoms with Crippen molar-refractivity contribution >= 4 is 34.4 Å². The van der Waals surface area contributed by atoms with Crippen LogP contribution in [-0.4, -0.2) is 25.8 Å². The number of carbonyl (C=O) groups excluding carboxylic acids is 1. The summed E-state index contributed by atoms with van der Waals surface area (Å²) in [5, 5.41) is 2.84. The molecule has 6 nitrogen and oxygen atoms in total. The second kappa shape index (κ2) is 5.18. The van der Waals surface area contributed by atoms with E-state index in [2.05, 4.69) is 25.3 Å². The fraction of sp³-hybridized carbons (Fsp3) is 0. The number of anilines is 1. The molecule has 0 bridgehead atoms. The van der Waals surface area contributed by atoms with Crippen molar-refractivity contribution in [2.24, 2.45) is 0 Å². The standard InChI is InChI=1S/C13H8ClN5O/c14-11-5-12(17-7-16-11)19-13(20)10-6-15-8-3-1-2-4-9(8)18-10/h1-7H,(H,16,17,19,20). The van der Waals surface area contributed by atoms with Crippen LogP contribution in [0.5, 0.6) is 0 Å². The van der Waals surface area contributed by atoms with Gasteiger partial charge in [-0.1, -0.05) is 23.7 Å². The van der Waals surface area contributed by atoms with Gasteiger partial charge in [-0.05, 0) is 12.1 Å². The lowest BCUT2D eigenvalue weighted by molar-refractivity contribution is 0.102. The number of para-hydroxylation sites is 2.